The van der Waals surface area contributed by atoms with Crippen molar-refractivity contribution in [2.75, 3.05) is 11.4 Å². The normalized spacial score (nSPS) is 11.7. The lowest BCUT2D eigenvalue weighted by atomic mass is 10.2. The van der Waals surface area contributed by atoms with Gasteiger partial charge >= 0.3 is 18.1 Å². The minimum atomic E-state index is -5.20. The Morgan fingerprint density at radius 1 is 1.32 bits per heavy atom. The van der Waals surface area contributed by atoms with Crippen LogP contribution in [0, 0.1) is 13.8 Å². The van der Waals surface area contributed by atoms with E-state index in [9.17, 15) is 22.8 Å². The summed E-state index contributed by atoms with van der Waals surface area (Å²) in [5.74, 6) is -4.20. The van der Waals surface area contributed by atoms with E-state index in [-0.39, 0.29) is 16.1 Å². The first-order valence-corrected chi connectivity index (χ1v) is 6.75. The number of amides is 1. The fourth-order valence-corrected chi connectivity index (χ4v) is 2.89. The van der Waals surface area contributed by atoms with E-state index in [0.717, 1.165) is 11.2 Å². The van der Waals surface area contributed by atoms with Crippen LogP contribution in [0.2, 0.25) is 0 Å². The third-order valence-electron chi connectivity index (χ3n) is 2.98. The summed E-state index contributed by atoms with van der Waals surface area (Å²) in [7, 11) is 0. The van der Waals surface area contributed by atoms with Crippen LogP contribution < -0.4 is 4.90 Å². The number of aromatic nitrogens is 2. The van der Waals surface area contributed by atoms with Crippen molar-refractivity contribution >= 4 is 39.2 Å². The Kier molecular flexibility index (Phi) is 4.05. The van der Waals surface area contributed by atoms with E-state index in [1.165, 1.54) is 11.3 Å². The number of nitrogens with zero attached hydrogens (tertiary/aromatic N) is 3. The van der Waals surface area contributed by atoms with Gasteiger partial charge in [-0.05, 0) is 19.4 Å². The van der Waals surface area contributed by atoms with Gasteiger partial charge in [0.2, 0.25) is 0 Å². The fourth-order valence-electron chi connectivity index (χ4n) is 1.90. The van der Waals surface area contributed by atoms with Crippen LogP contribution in [0.25, 0.3) is 10.2 Å². The van der Waals surface area contributed by atoms with Gasteiger partial charge in [-0.1, -0.05) is 0 Å². The predicted molar refractivity (Wildman–Crippen MR) is 72.9 cm³/mol. The van der Waals surface area contributed by atoms with Crippen LogP contribution in [0.4, 0.5) is 19.0 Å². The van der Waals surface area contributed by atoms with E-state index >= 15 is 0 Å². The smallest absolute Gasteiger partial charge is 0.471 e. The lowest BCUT2D eigenvalue weighted by molar-refractivity contribution is -0.171. The SMILES string of the molecule is Cc1sc2ncnc(N(CC(=O)O)C(=O)C(F)(F)F)c2c1C. The molecule has 118 valence electrons. The fraction of sp³-hybridized carbons (Fsp3) is 0.333. The van der Waals surface area contributed by atoms with Crippen LogP contribution in [-0.2, 0) is 9.59 Å². The third kappa shape index (κ3) is 2.86. The zero-order chi connectivity index (χ0) is 16.7. The lowest BCUT2D eigenvalue weighted by Crippen LogP contribution is -2.44. The molecule has 0 aliphatic rings. The summed E-state index contributed by atoms with van der Waals surface area (Å²) >= 11 is 1.23. The van der Waals surface area contributed by atoms with Gasteiger partial charge in [0.1, 0.15) is 23.5 Å². The van der Waals surface area contributed by atoms with Crippen molar-refractivity contribution in [3.8, 4) is 0 Å². The summed E-state index contributed by atoms with van der Waals surface area (Å²) in [5.41, 5.74) is 0.612. The van der Waals surface area contributed by atoms with Crippen LogP contribution in [0.5, 0.6) is 0 Å². The molecule has 0 unspecified atom stereocenters. The second kappa shape index (κ2) is 5.52. The quantitative estimate of drug-likeness (QED) is 0.932. The average molecular weight is 333 g/mol. The number of fused-ring (bicyclic) bond motifs is 1. The molecule has 0 saturated heterocycles. The highest BCUT2D eigenvalue weighted by Crippen LogP contribution is 2.35. The van der Waals surface area contributed by atoms with Crippen molar-refractivity contribution in [3.05, 3.63) is 16.8 Å². The van der Waals surface area contributed by atoms with Gasteiger partial charge in [0.25, 0.3) is 0 Å². The van der Waals surface area contributed by atoms with Crippen LogP contribution >= 0.6 is 11.3 Å². The lowest BCUT2D eigenvalue weighted by Gasteiger charge is -2.21. The number of aryl methyl sites for hydroxylation is 2. The van der Waals surface area contributed by atoms with E-state index in [4.69, 9.17) is 5.11 Å². The molecule has 0 aromatic carbocycles. The molecule has 0 spiro atoms. The molecule has 2 heterocycles. The maximum absolute atomic E-state index is 12.7. The number of hydrogen-bond acceptors (Lipinski definition) is 5. The van der Waals surface area contributed by atoms with Gasteiger partial charge in [-0.25, -0.2) is 9.97 Å². The Bertz CT molecular complexity index is 757. The zero-order valence-corrected chi connectivity index (χ0v) is 12.2. The zero-order valence-electron chi connectivity index (χ0n) is 11.4. The number of carbonyl (C=O) groups is 2. The topological polar surface area (TPSA) is 83.4 Å². The van der Waals surface area contributed by atoms with Gasteiger partial charge in [-0.3, -0.25) is 14.5 Å². The van der Waals surface area contributed by atoms with Crippen molar-refractivity contribution in [2.45, 2.75) is 20.0 Å². The van der Waals surface area contributed by atoms with E-state index in [1.807, 2.05) is 0 Å². The predicted octanol–water partition coefficient (Wildman–Crippen LogP) is 2.29. The number of aliphatic carboxylic acids is 1. The third-order valence-corrected chi connectivity index (χ3v) is 4.10. The Hall–Kier alpha value is -2.23. The largest absolute Gasteiger partial charge is 0.480 e. The van der Waals surface area contributed by atoms with Gasteiger partial charge in [-0.15, -0.1) is 11.3 Å². The number of carbonyl (C=O) groups excluding carboxylic acids is 1. The van der Waals surface area contributed by atoms with Gasteiger partial charge in [0.15, 0.2) is 0 Å². The molecule has 0 atom stereocenters. The molecule has 2 aromatic rings. The summed E-state index contributed by atoms with van der Waals surface area (Å²) < 4.78 is 38.1. The second-order valence-electron chi connectivity index (χ2n) is 4.44. The van der Waals surface area contributed by atoms with E-state index in [2.05, 4.69) is 9.97 Å². The van der Waals surface area contributed by atoms with Gasteiger partial charge in [0.05, 0.1) is 5.39 Å². The van der Waals surface area contributed by atoms with Gasteiger partial charge < -0.3 is 5.11 Å². The van der Waals surface area contributed by atoms with Crippen LogP contribution in [0.15, 0.2) is 6.33 Å². The standard InChI is InChI=1S/C12H10F3N3O3S/c1-5-6(2)22-10-8(5)9(16-4-17-10)18(3-7(19)20)11(21)12(13,14)15/h4H,3H2,1-2H3,(H,19,20). The highest BCUT2D eigenvalue weighted by molar-refractivity contribution is 7.18. The van der Waals surface area contributed by atoms with Gasteiger partial charge in [-0.2, -0.15) is 13.2 Å². The van der Waals surface area contributed by atoms with Crippen molar-refractivity contribution in [1.29, 1.82) is 0 Å². The summed E-state index contributed by atoms with van der Waals surface area (Å²) in [4.78, 5) is 31.3. The van der Waals surface area contributed by atoms with Gasteiger partial charge in [0, 0.05) is 4.88 Å². The van der Waals surface area contributed by atoms with Crippen molar-refractivity contribution in [3.63, 3.8) is 0 Å². The summed E-state index contributed by atoms with van der Waals surface area (Å²) in [6, 6.07) is 0. The van der Waals surface area contributed by atoms with Crippen molar-refractivity contribution in [1.82, 2.24) is 9.97 Å². The summed E-state index contributed by atoms with van der Waals surface area (Å²) in [6.07, 6.45) is -4.20. The van der Waals surface area contributed by atoms with Crippen molar-refractivity contribution < 1.29 is 27.9 Å². The number of carboxylic acid groups (broad SMARTS) is 1. The maximum atomic E-state index is 12.7. The molecule has 0 aliphatic carbocycles. The second-order valence-corrected chi connectivity index (χ2v) is 5.65. The Morgan fingerprint density at radius 3 is 2.50 bits per heavy atom. The summed E-state index contributed by atoms with van der Waals surface area (Å²) in [5, 5.41) is 9.06. The molecule has 0 aliphatic heterocycles. The molecule has 1 amide bonds. The Morgan fingerprint density at radius 2 is 1.95 bits per heavy atom. The molecule has 2 rings (SSSR count). The minimum absolute atomic E-state index is 0.117. The number of thiophene rings is 1. The molecule has 10 heteroatoms. The highest BCUT2D eigenvalue weighted by atomic mass is 32.1. The first-order valence-electron chi connectivity index (χ1n) is 5.94. The first kappa shape index (κ1) is 16.1. The number of carboxylic acids is 1. The molecule has 6 nitrogen and oxygen atoms in total. The number of anilines is 1. The molecular weight excluding hydrogens is 323 g/mol. The van der Waals surface area contributed by atoms with E-state index < -0.39 is 24.6 Å². The maximum Gasteiger partial charge on any atom is 0.471 e. The number of alkyl halides is 3. The molecule has 22 heavy (non-hydrogen) atoms. The van der Waals surface area contributed by atoms with Crippen LogP contribution in [-0.4, -0.2) is 39.7 Å². The van der Waals surface area contributed by atoms with E-state index in [1.54, 1.807) is 13.8 Å². The average Bonchev–Trinajstić information content (AvgIpc) is 2.70. The molecule has 0 fully saturated rings. The Labute approximate surface area is 126 Å². The van der Waals surface area contributed by atoms with E-state index in [0.29, 0.717) is 10.4 Å². The molecule has 1 N–H and O–H groups in total. The summed E-state index contributed by atoms with van der Waals surface area (Å²) in [6.45, 7) is 2.26. The van der Waals surface area contributed by atoms with Crippen LogP contribution in [0.3, 0.4) is 0 Å². The molecule has 0 saturated carbocycles. The monoisotopic (exact) mass is 333 g/mol. The number of hydrogen-bond donors (Lipinski definition) is 1. The minimum Gasteiger partial charge on any atom is -0.480 e. The molecule has 0 radical (unpaired) electrons. The molecular formula is C12H10F3N3O3S. The molecule has 2 aromatic heterocycles. The van der Waals surface area contributed by atoms with Crippen molar-refractivity contribution in [2.24, 2.45) is 0 Å². The number of rotatable bonds is 3. The Balaban J connectivity index is 2.67. The first-order chi connectivity index (χ1) is 10.1. The molecule has 0 bridgehead atoms. The van der Waals surface area contributed by atoms with Crippen LogP contribution in [0.1, 0.15) is 10.4 Å². The highest BCUT2D eigenvalue weighted by Gasteiger charge is 2.44. The number of halogens is 3.